The second-order valence-corrected chi connectivity index (χ2v) is 23.0. The van der Waals surface area contributed by atoms with Gasteiger partial charge in [-0.3, -0.25) is 4.79 Å². The molecule has 0 radical (unpaired) electrons. The highest BCUT2D eigenvalue weighted by molar-refractivity contribution is 5.86. The molecule has 9 aliphatic rings. The van der Waals surface area contributed by atoms with Gasteiger partial charge in [-0.15, -0.1) is 0 Å². The van der Waals surface area contributed by atoms with E-state index in [0.29, 0.717) is 32.1 Å². The fourth-order valence-electron chi connectivity index (χ4n) is 14.9. The lowest BCUT2D eigenvalue weighted by Crippen LogP contribution is -2.69. The quantitative estimate of drug-likeness (QED) is 0.0828. The van der Waals surface area contributed by atoms with Crippen molar-refractivity contribution in [1.82, 2.24) is 0 Å². The Hall–Kier alpha value is -1.47. The van der Waals surface area contributed by atoms with Crippen molar-refractivity contribution < 1.29 is 93.8 Å². The van der Waals surface area contributed by atoms with Crippen LogP contribution in [-0.2, 0) is 42.7 Å². The minimum absolute atomic E-state index is 0.0255. The van der Waals surface area contributed by atoms with Crippen LogP contribution in [0.5, 0.6) is 0 Å². The first kappa shape index (κ1) is 49.5. The maximum absolute atomic E-state index is 14.6. The number of allylic oxidation sites excluding steroid dienone is 1. The molecule has 1 spiro atoms. The van der Waals surface area contributed by atoms with Gasteiger partial charge in [-0.25, -0.2) is 0 Å². The van der Waals surface area contributed by atoms with Crippen LogP contribution in [0.4, 0.5) is 0 Å². The highest BCUT2D eigenvalue weighted by Gasteiger charge is 2.87. The number of rotatable bonds is 8. The summed E-state index contributed by atoms with van der Waals surface area (Å²) in [5.74, 6) is -0.747. The summed E-state index contributed by atoms with van der Waals surface area (Å²) >= 11 is 0. The maximum Gasteiger partial charge on any atom is 0.319 e. The summed E-state index contributed by atoms with van der Waals surface area (Å²) < 4.78 is 49.3. The van der Waals surface area contributed by atoms with Crippen LogP contribution in [0, 0.1) is 33.5 Å². The lowest BCUT2D eigenvalue weighted by molar-refractivity contribution is -0.380. The molecule has 10 N–H and O–H groups in total. The van der Waals surface area contributed by atoms with Gasteiger partial charge < -0.3 is 89.0 Å². The van der Waals surface area contributed by atoms with Crippen molar-refractivity contribution >= 4 is 5.97 Å². The number of ether oxygens (including phenoxy) is 8. The first-order chi connectivity index (χ1) is 30.7. The van der Waals surface area contributed by atoms with Gasteiger partial charge in [0.2, 0.25) is 0 Å². The normalized spacial score (nSPS) is 56.4. The largest absolute Gasteiger partial charge is 0.453 e. The standard InChI is InChI=1S/C47H74O19/c1-20-29(50)32(53)34(55)37(60-20)64-36-31(52)24(62-38-35(56)33(54)30(51)23(18-48)61-38)19-59-39(36)63-27-12-14-43(6)22-17-26(49)47-40(57)66-45(8,28-11-13-41(2,3)65-28)46(47,58)16-15-44(47,7)21(22)9-10-25(43)42(27,4)5/h17,20-21,23-39,48-56,58H,9-16,18-19H2,1-8H3/t20-,21?,23-,24-,25?,26+,27+,28?,29-,30-,31+,32+,33+,34-,35-,36-,37+,38+,39+,43-,44+,45+,46+,47?/m1/s1. The van der Waals surface area contributed by atoms with Gasteiger partial charge in [0.1, 0.15) is 78.2 Å². The molecule has 24 atom stereocenters. The Bertz CT molecular complexity index is 1880. The van der Waals surface area contributed by atoms with Gasteiger partial charge in [-0.1, -0.05) is 39.3 Å². The summed E-state index contributed by atoms with van der Waals surface area (Å²) in [7, 11) is 0. The lowest BCUT2D eigenvalue weighted by Gasteiger charge is -2.64. The predicted octanol–water partition coefficient (Wildman–Crippen LogP) is -0.569. The van der Waals surface area contributed by atoms with Gasteiger partial charge in [-0.2, -0.15) is 0 Å². The van der Waals surface area contributed by atoms with Crippen LogP contribution in [0.2, 0.25) is 0 Å². The molecule has 9 rings (SSSR count). The Labute approximate surface area is 385 Å². The molecular formula is C47H74O19. The maximum atomic E-state index is 14.6. The number of hydrogen-bond acceptors (Lipinski definition) is 19. The fraction of sp³-hybridized carbons (Fsp3) is 0.936. The van der Waals surface area contributed by atoms with E-state index < -0.39 is 155 Å². The molecule has 4 unspecified atom stereocenters. The third kappa shape index (κ3) is 6.80. The highest BCUT2D eigenvalue weighted by Crippen LogP contribution is 2.77. The first-order valence-corrected chi connectivity index (χ1v) is 24.0. The number of esters is 1. The molecule has 0 bridgehead atoms. The van der Waals surface area contributed by atoms with Crippen molar-refractivity contribution in [2.24, 2.45) is 33.5 Å². The molecule has 8 fully saturated rings. The highest BCUT2D eigenvalue weighted by atomic mass is 16.8. The smallest absolute Gasteiger partial charge is 0.319 e. The van der Waals surface area contributed by atoms with Crippen LogP contribution in [0.25, 0.3) is 0 Å². The number of fused-ring (bicyclic) bond motifs is 4. The zero-order valence-corrected chi connectivity index (χ0v) is 39.3. The molecule has 19 heteroatoms. The fourth-order valence-corrected chi connectivity index (χ4v) is 14.9. The molecule has 0 aromatic heterocycles. The molecule has 19 nitrogen and oxygen atoms in total. The topological polar surface area (TPSA) is 293 Å². The molecule has 3 saturated carbocycles. The molecule has 376 valence electrons. The number of hydrogen-bond donors (Lipinski definition) is 10. The van der Waals surface area contributed by atoms with Crippen LogP contribution in [0.1, 0.15) is 107 Å². The zero-order chi connectivity index (χ0) is 48.1. The Kier molecular flexibility index (Phi) is 12.4. The van der Waals surface area contributed by atoms with Crippen LogP contribution in [-0.4, -0.2) is 191 Å². The summed E-state index contributed by atoms with van der Waals surface area (Å²) in [5.41, 5.74) is -5.92. The van der Waals surface area contributed by atoms with Crippen molar-refractivity contribution in [2.75, 3.05) is 13.2 Å². The molecule has 5 aliphatic heterocycles. The summed E-state index contributed by atoms with van der Waals surface area (Å²) in [4.78, 5) is 14.6. The minimum Gasteiger partial charge on any atom is -0.453 e. The third-order valence-corrected chi connectivity index (χ3v) is 18.8. The van der Waals surface area contributed by atoms with Crippen LogP contribution in [0.15, 0.2) is 11.6 Å². The number of carbonyl (C=O) groups excluding carboxylic acids is 1. The zero-order valence-electron chi connectivity index (χ0n) is 39.3. The molecule has 5 heterocycles. The average Bonchev–Trinajstić information content (AvgIpc) is 3.83. The van der Waals surface area contributed by atoms with Gasteiger partial charge in [-0.05, 0) is 107 Å². The van der Waals surface area contributed by atoms with Crippen molar-refractivity contribution in [3.63, 3.8) is 0 Å². The number of carbonyl (C=O) groups is 1. The molecular weight excluding hydrogens is 868 g/mol. The molecule has 0 aromatic rings. The van der Waals surface area contributed by atoms with Crippen LogP contribution in [0.3, 0.4) is 0 Å². The number of aliphatic hydroxyl groups is 10. The monoisotopic (exact) mass is 942 g/mol. The van der Waals surface area contributed by atoms with Gasteiger partial charge >= 0.3 is 5.97 Å². The van der Waals surface area contributed by atoms with E-state index in [1.165, 1.54) is 6.92 Å². The summed E-state index contributed by atoms with van der Waals surface area (Å²) in [6, 6.07) is 0. The Morgan fingerprint density at radius 3 is 2.03 bits per heavy atom. The van der Waals surface area contributed by atoms with Crippen molar-refractivity contribution in [3.8, 4) is 0 Å². The van der Waals surface area contributed by atoms with Crippen molar-refractivity contribution in [1.29, 1.82) is 0 Å². The Morgan fingerprint density at radius 1 is 0.712 bits per heavy atom. The second kappa shape index (κ2) is 16.5. The van der Waals surface area contributed by atoms with Gasteiger partial charge in [0.15, 0.2) is 24.5 Å². The minimum atomic E-state index is -1.78. The Balaban J connectivity index is 0.973. The molecule has 0 amide bonds. The van der Waals surface area contributed by atoms with E-state index in [1.807, 2.05) is 19.9 Å². The number of aliphatic hydroxyl groups excluding tert-OH is 9. The number of cyclic esters (lactones) is 1. The Morgan fingerprint density at radius 2 is 1.38 bits per heavy atom. The van der Waals surface area contributed by atoms with E-state index in [-0.39, 0.29) is 24.9 Å². The second-order valence-electron chi connectivity index (χ2n) is 23.0. The van der Waals surface area contributed by atoms with E-state index in [9.17, 15) is 55.9 Å². The third-order valence-electron chi connectivity index (χ3n) is 18.8. The SMILES string of the molecule is C[C@H]1O[C@@H](O[C@H]2[C@H](O[C@H]3CC[C@]4(C)C5=C[C@H](O)C67C(=O)O[C@@](C)(C8CCC(C)(C)O8)[C@@]6(O)CC[C@@]7(C)C5CCC4C3(C)C)OC[C@@H](O[C@@H]3O[C@H](CO)[C@@H](O)[C@H](O)[C@H]3O)[C@@H]2O)[C@H](O)[C@@H](O)[C@@H]1O. The summed E-state index contributed by atoms with van der Waals surface area (Å²) in [6.07, 6.45) is -17.2. The predicted molar refractivity (Wildman–Crippen MR) is 225 cm³/mol. The van der Waals surface area contributed by atoms with Gasteiger partial charge in [0, 0.05) is 0 Å². The van der Waals surface area contributed by atoms with Gasteiger partial charge in [0.05, 0.1) is 37.1 Å². The molecule has 0 aromatic carbocycles. The van der Waals surface area contributed by atoms with Crippen molar-refractivity contribution in [3.05, 3.63) is 11.6 Å². The van der Waals surface area contributed by atoms with E-state index in [4.69, 9.17) is 37.9 Å². The summed E-state index contributed by atoms with van der Waals surface area (Å²) in [6.45, 7) is 14.7. The average molecular weight is 943 g/mol. The first-order valence-electron chi connectivity index (χ1n) is 24.0. The van der Waals surface area contributed by atoms with E-state index in [0.717, 1.165) is 18.4 Å². The van der Waals surface area contributed by atoms with Crippen LogP contribution < -0.4 is 0 Å². The van der Waals surface area contributed by atoms with E-state index >= 15 is 0 Å². The molecule has 66 heavy (non-hydrogen) atoms. The molecule has 5 saturated heterocycles. The van der Waals surface area contributed by atoms with Crippen LogP contribution >= 0.6 is 0 Å². The van der Waals surface area contributed by atoms with Crippen molar-refractivity contribution in [2.45, 2.75) is 228 Å². The van der Waals surface area contributed by atoms with E-state index in [1.54, 1.807) is 6.92 Å². The van der Waals surface area contributed by atoms with Gasteiger partial charge in [0.25, 0.3) is 0 Å². The molecule has 4 aliphatic carbocycles. The van der Waals surface area contributed by atoms with E-state index in [2.05, 4.69) is 27.7 Å². The summed E-state index contributed by atoms with van der Waals surface area (Å²) in [5, 5.41) is 111. The lowest BCUT2D eigenvalue weighted by atomic mass is 9.40.